The smallest absolute Gasteiger partial charge is 0.0622 e. The fourth-order valence-corrected chi connectivity index (χ4v) is 3.71. The molecular formula is C17H26N2O. The number of ether oxygens (including phenoxy) is 1. The highest BCUT2D eigenvalue weighted by molar-refractivity contribution is 5.27. The van der Waals surface area contributed by atoms with Crippen LogP contribution >= 0.6 is 0 Å². The summed E-state index contributed by atoms with van der Waals surface area (Å²) in [5.74, 6) is 0. The number of hydrogen-bond donors (Lipinski definition) is 1. The summed E-state index contributed by atoms with van der Waals surface area (Å²) in [4.78, 5) is 2.53. The molecule has 2 fully saturated rings. The zero-order valence-corrected chi connectivity index (χ0v) is 12.5. The minimum atomic E-state index is 0.309. The minimum absolute atomic E-state index is 0.309. The molecule has 2 aliphatic rings. The van der Waals surface area contributed by atoms with Gasteiger partial charge in [0, 0.05) is 24.6 Å². The van der Waals surface area contributed by atoms with Gasteiger partial charge >= 0.3 is 0 Å². The molecule has 2 aliphatic heterocycles. The molecule has 3 heteroatoms. The van der Waals surface area contributed by atoms with Crippen molar-refractivity contribution in [3.8, 4) is 0 Å². The third kappa shape index (κ3) is 2.90. The van der Waals surface area contributed by atoms with Crippen molar-refractivity contribution in [2.75, 3.05) is 39.9 Å². The molecule has 3 rings (SSSR count). The van der Waals surface area contributed by atoms with Crippen molar-refractivity contribution >= 4 is 0 Å². The zero-order chi connectivity index (χ0) is 13.8. The summed E-state index contributed by atoms with van der Waals surface area (Å²) in [6.07, 6.45) is 3.64. The maximum absolute atomic E-state index is 5.55. The van der Waals surface area contributed by atoms with Gasteiger partial charge in [-0.25, -0.2) is 0 Å². The van der Waals surface area contributed by atoms with Crippen LogP contribution in [0.15, 0.2) is 30.3 Å². The van der Waals surface area contributed by atoms with E-state index in [4.69, 9.17) is 4.74 Å². The Morgan fingerprint density at radius 2 is 2.00 bits per heavy atom. The fourth-order valence-electron chi connectivity index (χ4n) is 3.71. The maximum atomic E-state index is 5.55. The highest BCUT2D eigenvalue weighted by atomic mass is 16.5. The van der Waals surface area contributed by atoms with Crippen molar-refractivity contribution in [1.82, 2.24) is 10.2 Å². The van der Waals surface area contributed by atoms with Crippen LogP contribution in [0.1, 0.15) is 24.8 Å². The normalized spacial score (nSPS) is 26.0. The van der Waals surface area contributed by atoms with E-state index < -0.39 is 0 Å². The van der Waals surface area contributed by atoms with Crippen molar-refractivity contribution in [3.63, 3.8) is 0 Å². The van der Waals surface area contributed by atoms with Gasteiger partial charge in [-0.3, -0.25) is 0 Å². The Bertz CT molecular complexity index is 408. The topological polar surface area (TPSA) is 24.5 Å². The highest BCUT2D eigenvalue weighted by Crippen LogP contribution is 2.35. The summed E-state index contributed by atoms with van der Waals surface area (Å²) >= 11 is 0. The van der Waals surface area contributed by atoms with Crippen LogP contribution in [0.25, 0.3) is 0 Å². The van der Waals surface area contributed by atoms with Crippen molar-refractivity contribution in [1.29, 1.82) is 0 Å². The van der Waals surface area contributed by atoms with Gasteiger partial charge in [0.2, 0.25) is 0 Å². The molecule has 1 atom stereocenters. The summed E-state index contributed by atoms with van der Waals surface area (Å²) in [5.41, 5.74) is 1.82. The van der Waals surface area contributed by atoms with Crippen LogP contribution in [0.3, 0.4) is 0 Å². The van der Waals surface area contributed by atoms with Crippen LogP contribution in [0.4, 0.5) is 0 Å². The molecule has 0 spiro atoms. The lowest BCUT2D eigenvalue weighted by atomic mass is 9.72. The van der Waals surface area contributed by atoms with Gasteiger partial charge < -0.3 is 15.0 Å². The van der Waals surface area contributed by atoms with Crippen molar-refractivity contribution < 1.29 is 4.74 Å². The second-order valence-electron chi connectivity index (χ2n) is 6.33. The quantitative estimate of drug-likeness (QED) is 0.909. The van der Waals surface area contributed by atoms with E-state index in [0.29, 0.717) is 11.5 Å². The first kappa shape index (κ1) is 14.1. The maximum Gasteiger partial charge on any atom is 0.0622 e. The summed E-state index contributed by atoms with van der Waals surface area (Å²) in [6, 6.07) is 11.7. The first-order chi connectivity index (χ1) is 9.80. The third-order valence-electron chi connectivity index (χ3n) is 5.03. The molecule has 1 aromatic rings. The summed E-state index contributed by atoms with van der Waals surface area (Å²) in [6.45, 7) is 5.23. The Morgan fingerprint density at radius 1 is 1.25 bits per heavy atom. The van der Waals surface area contributed by atoms with Gasteiger partial charge in [0.1, 0.15) is 0 Å². The Balaban J connectivity index is 1.78. The van der Waals surface area contributed by atoms with Gasteiger partial charge in [-0.2, -0.15) is 0 Å². The minimum Gasteiger partial charge on any atom is -0.380 e. The van der Waals surface area contributed by atoms with E-state index in [-0.39, 0.29) is 0 Å². The van der Waals surface area contributed by atoms with E-state index >= 15 is 0 Å². The van der Waals surface area contributed by atoms with Gasteiger partial charge in [0.25, 0.3) is 0 Å². The second-order valence-corrected chi connectivity index (χ2v) is 6.33. The average molecular weight is 274 g/mol. The molecule has 0 saturated carbocycles. The summed E-state index contributed by atoms with van der Waals surface area (Å²) < 4.78 is 5.55. The lowest BCUT2D eigenvalue weighted by Crippen LogP contribution is -2.49. The molecule has 2 saturated heterocycles. The predicted octanol–water partition coefficient (Wildman–Crippen LogP) is 2.03. The number of nitrogens with zero attached hydrogens (tertiary/aromatic N) is 1. The van der Waals surface area contributed by atoms with Crippen LogP contribution < -0.4 is 5.32 Å². The van der Waals surface area contributed by atoms with E-state index in [9.17, 15) is 0 Å². The van der Waals surface area contributed by atoms with Crippen LogP contribution in [0.2, 0.25) is 0 Å². The van der Waals surface area contributed by atoms with Gasteiger partial charge in [0.15, 0.2) is 0 Å². The molecule has 0 bridgehead atoms. The largest absolute Gasteiger partial charge is 0.380 e. The predicted molar refractivity (Wildman–Crippen MR) is 82.1 cm³/mol. The highest BCUT2D eigenvalue weighted by Gasteiger charge is 2.36. The molecule has 20 heavy (non-hydrogen) atoms. The molecule has 0 radical (unpaired) electrons. The number of hydrogen-bond acceptors (Lipinski definition) is 3. The lowest BCUT2D eigenvalue weighted by Gasteiger charge is -2.42. The fraction of sp³-hybridized carbons (Fsp3) is 0.647. The number of benzene rings is 1. The molecule has 3 nitrogen and oxygen atoms in total. The standard InChI is InChI=1S/C17H26N2O/c1-19(16-7-12-20-13-16)14-17(8-10-18-11-9-17)15-5-3-2-4-6-15/h2-6,16,18H,7-14H2,1H3. The molecule has 1 unspecified atom stereocenters. The number of piperidine rings is 1. The Hall–Kier alpha value is -0.900. The molecule has 2 heterocycles. The van der Waals surface area contributed by atoms with E-state index in [2.05, 4.69) is 47.6 Å². The monoisotopic (exact) mass is 274 g/mol. The van der Waals surface area contributed by atoms with E-state index in [1.165, 1.54) is 24.8 Å². The lowest BCUT2D eigenvalue weighted by molar-refractivity contribution is 0.130. The molecule has 0 aromatic heterocycles. The van der Waals surface area contributed by atoms with E-state index in [0.717, 1.165) is 32.8 Å². The molecule has 0 aliphatic carbocycles. The molecule has 1 N–H and O–H groups in total. The molecule has 0 amide bonds. The summed E-state index contributed by atoms with van der Waals surface area (Å²) in [7, 11) is 2.27. The second kappa shape index (κ2) is 6.25. The van der Waals surface area contributed by atoms with Crippen molar-refractivity contribution in [3.05, 3.63) is 35.9 Å². The van der Waals surface area contributed by atoms with Crippen LogP contribution in [-0.4, -0.2) is 50.8 Å². The average Bonchev–Trinajstić information content (AvgIpc) is 3.03. The Labute approximate surface area is 122 Å². The van der Waals surface area contributed by atoms with Crippen molar-refractivity contribution in [2.24, 2.45) is 0 Å². The first-order valence-corrected chi connectivity index (χ1v) is 7.84. The number of rotatable bonds is 4. The van der Waals surface area contributed by atoms with Gasteiger partial charge in [-0.15, -0.1) is 0 Å². The molecule has 1 aromatic carbocycles. The van der Waals surface area contributed by atoms with Crippen molar-refractivity contribution in [2.45, 2.75) is 30.7 Å². The van der Waals surface area contributed by atoms with Crippen LogP contribution in [0.5, 0.6) is 0 Å². The SMILES string of the molecule is CN(CC1(c2ccccc2)CCNCC1)C1CCOC1. The van der Waals surface area contributed by atoms with Gasteiger partial charge in [0.05, 0.1) is 6.61 Å². The Kier molecular flexibility index (Phi) is 4.39. The van der Waals surface area contributed by atoms with Gasteiger partial charge in [-0.1, -0.05) is 30.3 Å². The van der Waals surface area contributed by atoms with Crippen LogP contribution in [0, 0.1) is 0 Å². The van der Waals surface area contributed by atoms with Gasteiger partial charge in [-0.05, 0) is 45.0 Å². The van der Waals surface area contributed by atoms with E-state index in [1.807, 2.05) is 0 Å². The first-order valence-electron chi connectivity index (χ1n) is 7.84. The third-order valence-corrected chi connectivity index (χ3v) is 5.03. The number of nitrogens with one attached hydrogen (secondary N) is 1. The molecule has 110 valence electrons. The summed E-state index contributed by atoms with van der Waals surface area (Å²) in [5, 5.41) is 3.51. The Morgan fingerprint density at radius 3 is 2.65 bits per heavy atom. The molecular weight excluding hydrogens is 248 g/mol. The number of likely N-dealkylation sites (N-methyl/N-ethyl adjacent to an activating group) is 1. The zero-order valence-electron chi connectivity index (χ0n) is 12.5. The van der Waals surface area contributed by atoms with Crippen LogP contribution in [-0.2, 0) is 10.2 Å². The van der Waals surface area contributed by atoms with E-state index in [1.54, 1.807) is 0 Å².